The molecule has 1 fully saturated rings. The number of hydrogen-bond acceptors (Lipinski definition) is 10. The van der Waals surface area contributed by atoms with E-state index in [1.807, 2.05) is 52.0 Å². The van der Waals surface area contributed by atoms with Gasteiger partial charge in [-0.3, -0.25) is 24.0 Å². The molecular weight excluding hydrogens is 677 g/mol. The summed E-state index contributed by atoms with van der Waals surface area (Å²) in [6.45, 7) is 10.1. The molecular formula is C37H50N4O7S2. The monoisotopic (exact) mass is 726 g/mol. The van der Waals surface area contributed by atoms with Gasteiger partial charge in [0, 0.05) is 28.4 Å². The van der Waals surface area contributed by atoms with E-state index in [-0.39, 0.29) is 43.0 Å². The predicted octanol–water partition coefficient (Wildman–Crippen LogP) is 2.31. The van der Waals surface area contributed by atoms with E-state index >= 15 is 0 Å². The van der Waals surface area contributed by atoms with Crippen molar-refractivity contribution in [2.75, 3.05) is 17.3 Å². The topological polar surface area (TPSA) is 188 Å². The number of rotatable bonds is 8. The van der Waals surface area contributed by atoms with Crippen LogP contribution in [0.2, 0.25) is 0 Å². The zero-order chi connectivity index (χ0) is 37.0. The second kappa shape index (κ2) is 16.3. The molecule has 11 nitrogen and oxygen atoms in total. The van der Waals surface area contributed by atoms with Gasteiger partial charge in [0.1, 0.15) is 17.8 Å². The van der Waals surface area contributed by atoms with Gasteiger partial charge in [0.25, 0.3) is 0 Å². The van der Waals surface area contributed by atoms with Gasteiger partial charge in [-0.05, 0) is 101 Å². The molecule has 5 atom stereocenters. The highest BCUT2D eigenvalue weighted by Gasteiger charge is 2.49. The number of amides is 3. The second-order valence-electron chi connectivity index (χ2n) is 14.2. The molecule has 0 bridgehead atoms. The molecule has 1 spiro atoms. The molecule has 1 aliphatic heterocycles. The van der Waals surface area contributed by atoms with Crippen LogP contribution in [0.15, 0.2) is 36.4 Å². The van der Waals surface area contributed by atoms with Crippen LogP contribution in [0, 0.1) is 19.3 Å². The SMILES string of the molecule is CC(=O)[C@@H](NC(=O)[C@@H]1NC(=O)C2(CC(=O)[C@H](NC(=O)[C@@H](N)Cc3c(C)cc(O)cc3C)CSCCSC1(C)C)Cc1ccccc1C2)C(C)O. The molecule has 2 aromatic rings. The molecule has 0 aromatic heterocycles. The molecule has 1 saturated heterocycles. The molecule has 0 saturated carbocycles. The van der Waals surface area contributed by atoms with Crippen molar-refractivity contribution in [2.45, 2.75) is 102 Å². The van der Waals surface area contributed by atoms with Gasteiger partial charge in [-0.15, -0.1) is 0 Å². The number of phenols is 1. The van der Waals surface area contributed by atoms with E-state index in [4.69, 9.17) is 5.73 Å². The lowest BCUT2D eigenvalue weighted by Crippen LogP contribution is -2.62. The number of aliphatic hydroxyl groups excluding tert-OH is 1. The number of carbonyl (C=O) groups excluding carboxylic acids is 5. The maximum atomic E-state index is 14.5. The molecule has 13 heteroatoms. The molecule has 2 aliphatic rings. The largest absolute Gasteiger partial charge is 0.508 e. The van der Waals surface area contributed by atoms with Gasteiger partial charge < -0.3 is 31.9 Å². The van der Waals surface area contributed by atoms with Crippen LogP contribution in [-0.2, 0) is 43.2 Å². The van der Waals surface area contributed by atoms with E-state index in [2.05, 4.69) is 16.0 Å². The summed E-state index contributed by atoms with van der Waals surface area (Å²) < 4.78 is -0.837. The van der Waals surface area contributed by atoms with Crippen LogP contribution in [0.3, 0.4) is 0 Å². The maximum Gasteiger partial charge on any atom is 0.244 e. The van der Waals surface area contributed by atoms with Gasteiger partial charge in [-0.2, -0.15) is 23.5 Å². The number of thioether (sulfide) groups is 2. The molecule has 1 aliphatic carbocycles. The van der Waals surface area contributed by atoms with Gasteiger partial charge in [-0.1, -0.05) is 24.3 Å². The standard InChI is InChI=1S/C37H50N4O7S2/c1-20-13-26(44)14-21(2)27(20)15-28(38)33(46)39-29-19-49-11-12-50-36(5,6)32(34(47)40-31(22(3)42)23(4)43)41-35(48)37(18-30(29)45)16-24-9-7-8-10-25(24)17-37/h7-10,13-14,22,28-29,31-32,42,44H,11-12,15-19,38H2,1-6H3,(H,39,46)(H,40,47)(H,41,48)/t22?,28-,29+,31-,32-/m0/s1. The number of nitrogens with one attached hydrogen (secondary N) is 3. The number of aliphatic hydroxyl groups is 1. The first kappa shape index (κ1) is 39.4. The quantitative estimate of drug-likeness (QED) is 0.236. The first-order valence-corrected chi connectivity index (χ1v) is 19.0. The maximum absolute atomic E-state index is 14.5. The number of hydrogen-bond donors (Lipinski definition) is 6. The summed E-state index contributed by atoms with van der Waals surface area (Å²) in [5.74, 6) is -0.723. The summed E-state index contributed by atoms with van der Waals surface area (Å²) in [7, 11) is 0. The number of nitrogens with two attached hydrogens (primary N) is 1. The van der Waals surface area contributed by atoms with Crippen molar-refractivity contribution >= 4 is 52.8 Å². The molecule has 272 valence electrons. The van der Waals surface area contributed by atoms with Crippen molar-refractivity contribution < 1.29 is 34.2 Å². The number of phenolic OH excluding ortho intramolecular Hbond substituents is 1. The average Bonchev–Trinajstić information content (AvgIpc) is 3.41. The third-order valence-corrected chi connectivity index (χ3v) is 12.5. The molecule has 2 aromatic carbocycles. The highest BCUT2D eigenvalue weighted by molar-refractivity contribution is 8.03. The Bertz CT molecular complexity index is 1580. The minimum atomic E-state index is -1.24. The molecule has 7 N–H and O–H groups in total. The molecule has 1 unspecified atom stereocenters. The Labute approximate surface area is 302 Å². The van der Waals surface area contributed by atoms with Crippen LogP contribution in [0.25, 0.3) is 0 Å². The fourth-order valence-corrected chi connectivity index (χ4v) is 9.24. The first-order chi connectivity index (χ1) is 23.4. The number of carbonyl (C=O) groups is 5. The van der Waals surface area contributed by atoms with Gasteiger partial charge in [-0.25, -0.2) is 0 Å². The van der Waals surface area contributed by atoms with Crippen molar-refractivity contribution in [3.63, 3.8) is 0 Å². The zero-order valence-electron chi connectivity index (χ0n) is 29.6. The smallest absolute Gasteiger partial charge is 0.244 e. The third kappa shape index (κ3) is 9.28. The van der Waals surface area contributed by atoms with Crippen LogP contribution in [0.1, 0.15) is 61.9 Å². The van der Waals surface area contributed by atoms with E-state index in [1.54, 1.807) is 12.1 Å². The highest BCUT2D eigenvalue weighted by Crippen LogP contribution is 2.42. The Hall–Kier alpha value is -3.39. The Morgan fingerprint density at radius 2 is 1.64 bits per heavy atom. The Balaban J connectivity index is 1.64. The molecule has 50 heavy (non-hydrogen) atoms. The van der Waals surface area contributed by atoms with Crippen molar-refractivity contribution in [1.29, 1.82) is 0 Å². The minimum absolute atomic E-state index is 0.133. The van der Waals surface area contributed by atoms with Crippen LogP contribution in [0.4, 0.5) is 0 Å². The summed E-state index contributed by atoms with van der Waals surface area (Å²) in [6, 6.07) is 6.74. The Morgan fingerprint density at radius 1 is 1.04 bits per heavy atom. The summed E-state index contributed by atoms with van der Waals surface area (Å²) in [4.78, 5) is 68.4. The summed E-state index contributed by atoms with van der Waals surface area (Å²) in [5, 5.41) is 28.7. The zero-order valence-corrected chi connectivity index (χ0v) is 31.3. The minimum Gasteiger partial charge on any atom is -0.508 e. The van der Waals surface area contributed by atoms with E-state index < -0.39 is 63.9 Å². The van der Waals surface area contributed by atoms with Gasteiger partial charge in [0.15, 0.2) is 11.6 Å². The molecule has 1 heterocycles. The van der Waals surface area contributed by atoms with Crippen molar-refractivity contribution in [2.24, 2.45) is 11.1 Å². The van der Waals surface area contributed by atoms with E-state index in [0.29, 0.717) is 11.5 Å². The number of aryl methyl sites for hydroxylation is 2. The predicted molar refractivity (Wildman–Crippen MR) is 197 cm³/mol. The molecule has 4 rings (SSSR count). The van der Waals surface area contributed by atoms with Crippen molar-refractivity contribution in [1.82, 2.24) is 16.0 Å². The number of aromatic hydroxyl groups is 1. The summed E-state index contributed by atoms with van der Waals surface area (Å²) >= 11 is 2.96. The lowest BCUT2D eigenvalue weighted by atomic mass is 9.77. The van der Waals surface area contributed by atoms with Gasteiger partial charge in [0.05, 0.1) is 23.6 Å². The number of benzene rings is 2. The number of fused-ring (bicyclic) bond motifs is 1. The highest BCUT2D eigenvalue weighted by atomic mass is 32.2. The van der Waals surface area contributed by atoms with Crippen LogP contribution in [0.5, 0.6) is 5.75 Å². The lowest BCUT2D eigenvalue weighted by molar-refractivity contribution is -0.139. The lowest BCUT2D eigenvalue weighted by Gasteiger charge is -2.37. The third-order valence-electron chi connectivity index (χ3n) is 9.75. The average molecular weight is 727 g/mol. The van der Waals surface area contributed by atoms with Crippen LogP contribution < -0.4 is 21.7 Å². The van der Waals surface area contributed by atoms with Crippen LogP contribution >= 0.6 is 23.5 Å². The van der Waals surface area contributed by atoms with Gasteiger partial charge in [0.2, 0.25) is 17.7 Å². The fraction of sp³-hybridized carbons (Fsp3) is 0.541. The van der Waals surface area contributed by atoms with Gasteiger partial charge >= 0.3 is 0 Å². The summed E-state index contributed by atoms with van der Waals surface area (Å²) in [5.41, 5.74) is 9.46. The first-order valence-electron chi connectivity index (χ1n) is 16.9. The molecule has 3 amide bonds. The van der Waals surface area contributed by atoms with E-state index in [9.17, 15) is 34.2 Å². The number of ketones is 2. The summed E-state index contributed by atoms with van der Waals surface area (Å²) in [6.07, 6.45) is -0.584. The second-order valence-corrected chi connectivity index (χ2v) is 17.1. The van der Waals surface area contributed by atoms with Crippen molar-refractivity contribution in [3.05, 3.63) is 64.2 Å². The van der Waals surface area contributed by atoms with E-state index in [1.165, 1.54) is 37.4 Å². The van der Waals surface area contributed by atoms with Crippen LogP contribution in [-0.4, -0.2) is 91.8 Å². The normalized spacial score (nSPS) is 22.5. The van der Waals surface area contributed by atoms with E-state index in [0.717, 1.165) is 27.8 Å². The fourth-order valence-electron chi connectivity index (χ4n) is 6.90. The Kier molecular flexibility index (Phi) is 12.8. The van der Waals surface area contributed by atoms with Crippen molar-refractivity contribution in [3.8, 4) is 5.75 Å². The molecule has 0 radical (unpaired) electrons. The Morgan fingerprint density at radius 3 is 2.20 bits per heavy atom. The number of Topliss-reactive ketones (excluding diaryl/α,β-unsaturated/α-hetero) is 2.